The maximum absolute atomic E-state index is 12.9. The van der Waals surface area contributed by atoms with Gasteiger partial charge in [0.05, 0.1) is 4.88 Å². The van der Waals surface area contributed by atoms with Crippen LogP contribution in [0.2, 0.25) is 0 Å². The van der Waals surface area contributed by atoms with Crippen molar-refractivity contribution in [3.8, 4) is 0 Å². The number of halogens is 1. The first kappa shape index (κ1) is 16.7. The number of thiophene rings is 1. The minimum absolute atomic E-state index is 0.0686. The Labute approximate surface area is 149 Å². The average Bonchev–Trinajstić information content (AvgIpc) is 2.92. The van der Waals surface area contributed by atoms with Gasteiger partial charge in [-0.05, 0) is 72.3 Å². The van der Waals surface area contributed by atoms with Crippen molar-refractivity contribution in [3.05, 3.63) is 44.2 Å². The van der Waals surface area contributed by atoms with Gasteiger partial charge in [-0.3, -0.25) is 9.69 Å². The van der Waals surface area contributed by atoms with Crippen LogP contribution in [-0.2, 0) is 12.8 Å². The third-order valence-corrected chi connectivity index (χ3v) is 5.95. The predicted octanol–water partition coefficient (Wildman–Crippen LogP) is 5.23. The van der Waals surface area contributed by atoms with Crippen molar-refractivity contribution in [2.75, 3.05) is 11.4 Å². The Kier molecular flexibility index (Phi) is 5.49. The lowest BCUT2D eigenvalue weighted by Gasteiger charge is -2.19. The van der Waals surface area contributed by atoms with E-state index < -0.39 is 0 Å². The molecule has 0 bridgehead atoms. The number of amides is 1. The van der Waals surface area contributed by atoms with Gasteiger partial charge in [-0.25, -0.2) is 4.98 Å². The van der Waals surface area contributed by atoms with Crippen molar-refractivity contribution in [3.63, 3.8) is 0 Å². The van der Waals surface area contributed by atoms with Crippen molar-refractivity contribution in [2.45, 2.75) is 45.4 Å². The molecule has 3 nitrogen and oxygen atoms in total. The van der Waals surface area contributed by atoms with Crippen LogP contribution in [0.1, 0.15) is 52.7 Å². The zero-order chi connectivity index (χ0) is 16.2. The molecule has 23 heavy (non-hydrogen) atoms. The molecule has 0 aliphatic heterocycles. The topological polar surface area (TPSA) is 33.2 Å². The van der Waals surface area contributed by atoms with Crippen LogP contribution in [0.5, 0.6) is 0 Å². The molecule has 1 aliphatic rings. The normalized spacial score (nSPS) is 14.7. The number of aryl methyl sites for hydroxylation is 2. The van der Waals surface area contributed by atoms with Gasteiger partial charge >= 0.3 is 0 Å². The number of carbonyl (C=O) groups excluding carboxylic acids is 1. The summed E-state index contributed by atoms with van der Waals surface area (Å²) in [6.45, 7) is 2.61. The number of hydrogen-bond donors (Lipinski definition) is 0. The number of pyridine rings is 1. The summed E-state index contributed by atoms with van der Waals surface area (Å²) in [4.78, 5) is 21.3. The molecule has 0 N–H and O–H groups in total. The van der Waals surface area contributed by atoms with Crippen LogP contribution >= 0.6 is 27.3 Å². The minimum Gasteiger partial charge on any atom is -0.292 e. The maximum atomic E-state index is 12.9. The van der Waals surface area contributed by atoms with Crippen LogP contribution in [0.15, 0.2) is 28.9 Å². The molecule has 3 rings (SSSR count). The summed E-state index contributed by atoms with van der Waals surface area (Å²) in [7, 11) is 0. The molecule has 2 aromatic heterocycles. The average molecular weight is 393 g/mol. The van der Waals surface area contributed by atoms with Crippen LogP contribution in [0.3, 0.4) is 0 Å². The molecule has 0 atom stereocenters. The van der Waals surface area contributed by atoms with Gasteiger partial charge in [0.2, 0.25) is 0 Å². The smallest absolute Gasteiger partial charge is 0.269 e. The van der Waals surface area contributed by atoms with Gasteiger partial charge in [0, 0.05) is 22.1 Å². The fourth-order valence-electron chi connectivity index (χ4n) is 3.02. The maximum Gasteiger partial charge on any atom is 0.269 e. The molecule has 0 unspecified atom stereocenters. The summed E-state index contributed by atoms with van der Waals surface area (Å²) in [6, 6.07) is 5.93. The van der Waals surface area contributed by atoms with E-state index in [1.165, 1.54) is 36.1 Å². The van der Waals surface area contributed by atoms with Gasteiger partial charge in [-0.2, -0.15) is 0 Å². The highest BCUT2D eigenvalue weighted by Gasteiger charge is 2.21. The van der Waals surface area contributed by atoms with Crippen LogP contribution < -0.4 is 4.90 Å². The molecule has 0 saturated heterocycles. The Morgan fingerprint density at radius 2 is 2.04 bits per heavy atom. The summed E-state index contributed by atoms with van der Waals surface area (Å²) in [6.07, 6.45) is 9.07. The van der Waals surface area contributed by atoms with Gasteiger partial charge in [0.1, 0.15) is 5.82 Å². The van der Waals surface area contributed by atoms with Crippen LogP contribution in [0.25, 0.3) is 0 Å². The van der Waals surface area contributed by atoms with Crippen molar-refractivity contribution in [2.24, 2.45) is 0 Å². The van der Waals surface area contributed by atoms with Crippen molar-refractivity contribution >= 4 is 39.0 Å². The minimum atomic E-state index is 0.0686. The van der Waals surface area contributed by atoms with E-state index >= 15 is 0 Å². The number of hydrogen-bond acceptors (Lipinski definition) is 3. The first-order chi connectivity index (χ1) is 11.2. The number of rotatable bonds is 3. The summed E-state index contributed by atoms with van der Waals surface area (Å²) in [5.74, 6) is 0.778. The summed E-state index contributed by atoms with van der Waals surface area (Å²) in [5, 5.41) is 0. The van der Waals surface area contributed by atoms with E-state index in [0.29, 0.717) is 12.4 Å². The van der Waals surface area contributed by atoms with E-state index in [1.54, 1.807) is 22.4 Å². The quantitative estimate of drug-likeness (QED) is 0.715. The number of fused-ring (bicyclic) bond motifs is 1. The highest BCUT2D eigenvalue weighted by Crippen LogP contribution is 2.30. The SMILES string of the molecule is CCN(C(=O)c1cc2c(s1)CCCCCC2)c1ccc(Br)cn1. The third-order valence-electron chi connectivity index (χ3n) is 4.26. The molecule has 0 saturated carbocycles. The Morgan fingerprint density at radius 1 is 1.26 bits per heavy atom. The van der Waals surface area contributed by atoms with Crippen LogP contribution in [0.4, 0.5) is 5.82 Å². The Hall–Kier alpha value is -1.20. The van der Waals surface area contributed by atoms with Crippen molar-refractivity contribution < 1.29 is 4.79 Å². The second-order valence-corrected chi connectivity index (χ2v) is 7.91. The highest BCUT2D eigenvalue weighted by atomic mass is 79.9. The molecular formula is C18H21BrN2OS. The fourth-order valence-corrected chi connectivity index (χ4v) is 4.46. The summed E-state index contributed by atoms with van der Waals surface area (Å²) in [5.41, 5.74) is 1.39. The molecule has 0 radical (unpaired) electrons. The summed E-state index contributed by atoms with van der Waals surface area (Å²) < 4.78 is 0.920. The Morgan fingerprint density at radius 3 is 2.74 bits per heavy atom. The zero-order valence-electron chi connectivity index (χ0n) is 13.3. The van der Waals surface area contributed by atoms with Crippen LogP contribution in [-0.4, -0.2) is 17.4 Å². The van der Waals surface area contributed by atoms with Gasteiger partial charge in [-0.15, -0.1) is 11.3 Å². The lowest BCUT2D eigenvalue weighted by molar-refractivity contribution is 0.0991. The monoisotopic (exact) mass is 392 g/mol. The van der Waals surface area contributed by atoms with Crippen LogP contribution in [0, 0.1) is 0 Å². The standard InChI is InChI=1S/C18H21BrN2OS/c1-2-21(17-10-9-14(19)12-20-17)18(22)16-11-13-7-5-3-4-6-8-15(13)23-16/h9-12H,2-8H2,1H3. The fraction of sp³-hybridized carbons (Fsp3) is 0.444. The van der Waals surface area contributed by atoms with Gasteiger partial charge in [0.15, 0.2) is 0 Å². The molecule has 0 spiro atoms. The largest absolute Gasteiger partial charge is 0.292 e. The Bertz CT molecular complexity index is 655. The predicted molar refractivity (Wildman–Crippen MR) is 99.5 cm³/mol. The first-order valence-corrected chi connectivity index (χ1v) is 9.85. The summed E-state index contributed by atoms with van der Waals surface area (Å²) >= 11 is 5.07. The van der Waals surface area contributed by atoms with E-state index in [1.807, 2.05) is 19.1 Å². The Balaban J connectivity index is 1.86. The molecule has 2 aromatic rings. The number of carbonyl (C=O) groups is 1. The van der Waals surface area contributed by atoms with E-state index in [9.17, 15) is 4.79 Å². The molecule has 0 fully saturated rings. The zero-order valence-corrected chi connectivity index (χ0v) is 15.8. The van der Waals surface area contributed by atoms with E-state index in [4.69, 9.17) is 0 Å². The third kappa shape index (κ3) is 3.83. The lowest BCUT2D eigenvalue weighted by Crippen LogP contribution is -2.30. The van der Waals surface area contributed by atoms with Crippen molar-refractivity contribution in [1.82, 2.24) is 4.98 Å². The number of anilines is 1. The van der Waals surface area contributed by atoms with E-state index in [0.717, 1.165) is 22.2 Å². The van der Waals surface area contributed by atoms with Crippen molar-refractivity contribution in [1.29, 1.82) is 0 Å². The molecule has 0 aromatic carbocycles. The van der Waals surface area contributed by atoms with E-state index in [-0.39, 0.29) is 5.91 Å². The second kappa shape index (κ2) is 7.58. The molecule has 1 aliphatic carbocycles. The van der Waals surface area contributed by atoms with Gasteiger partial charge < -0.3 is 0 Å². The highest BCUT2D eigenvalue weighted by molar-refractivity contribution is 9.10. The van der Waals surface area contributed by atoms with Gasteiger partial charge in [-0.1, -0.05) is 12.8 Å². The molecule has 122 valence electrons. The van der Waals surface area contributed by atoms with Gasteiger partial charge in [0.25, 0.3) is 5.91 Å². The molecular weight excluding hydrogens is 372 g/mol. The first-order valence-electron chi connectivity index (χ1n) is 8.24. The molecule has 1 amide bonds. The number of aromatic nitrogens is 1. The van der Waals surface area contributed by atoms with E-state index in [2.05, 4.69) is 27.0 Å². The molecule has 2 heterocycles. The lowest BCUT2D eigenvalue weighted by atomic mass is 10.00. The molecule has 5 heteroatoms. The number of nitrogens with zero attached hydrogens (tertiary/aromatic N) is 2. The second-order valence-electron chi connectivity index (χ2n) is 5.86.